The summed E-state index contributed by atoms with van der Waals surface area (Å²) in [7, 11) is 0. The fraction of sp³-hybridized carbons (Fsp3) is 0.0469. The molecule has 2 aromatic heterocycles. The van der Waals surface area contributed by atoms with Crippen LogP contribution in [-0.4, -0.2) is 15.0 Å². The zero-order valence-corrected chi connectivity index (χ0v) is 37.2. The molecule has 0 radical (unpaired) electrons. The smallest absolute Gasteiger partial charge is 0.160 e. The zero-order valence-electron chi connectivity index (χ0n) is 37.2. The first-order valence-corrected chi connectivity index (χ1v) is 23.1. The van der Waals surface area contributed by atoms with E-state index >= 15 is 0 Å². The number of fused-ring (bicyclic) bond motifs is 11. The van der Waals surface area contributed by atoms with Crippen molar-refractivity contribution in [3.8, 4) is 78.4 Å². The molecule has 10 aromatic carbocycles. The maximum Gasteiger partial charge on any atom is 0.160 e. The van der Waals surface area contributed by atoms with Crippen molar-refractivity contribution in [1.82, 2.24) is 15.0 Å². The number of hydrogen-bond donors (Lipinski definition) is 0. The predicted molar refractivity (Wildman–Crippen MR) is 280 cm³/mol. The molecule has 3 heteroatoms. The SMILES string of the molecule is CC1(C)c2ccccc2-c2ccc(-c3ccc(-c4nc(-c5ccc(-c6cc7c8ccccc8c8ccccc8c7c7ccccc67)cc5)cc(-c5cccc(-c6cccnc6)c5)n4)cc3)cc21. The summed E-state index contributed by atoms with van der Waals surface area (Å²) in [5.74, 6) is 0.681. The average molecular weight is 854 g/mol. The Bertz CT molecular complexity index is 3920. The highest BCUT2D eigenvalue weighted by Crippen LogP contribution is 2.50. The van der Waals surface area contributed by atoms with Crippen LogP contribution in [0.4, 0.5) is 0 Å². The van der Waals surface area contributed by atoms with Gasteiger partial charge in [0, 0.05) is 40.1 Å². The Labute approximate surface area is 389 Å². The normalized spacial score (nSPS) is 12.7. The number of benzene rings is 10. The minimum absolute atomic E-state index is 0.0629. The monoisotopic (exact) mass is 853 g/mol. The number of pyridine rings is 1. The first kappa shape index (κ1) is 38.9. The van der Waals surface area contributed by atoms with Gasteiger partial charge in [0.05, 0.1) is 11.4 Å². The maximum absolute atomic E-state index is 5.31. The zero-order chi connectivity index (χ0) is 44.6. The molecule has 0 saturated carbocycles. The number of nitrogens with zero attached hydrogens (tertiary/aromatic N) is 3. The van der Waals surface area contributed by atoms with Crippen molar-refractivity contribution >= 4 is 43.1 Å². The lowest BCUT2D eigenvalue weighted by molar-refractivity contribution is 0.660. The van der Waals surface area contributed by atoms with Crippen LogP contribution in [0.25, 0.3) is 122 Å². The van der Waals surface area contributed by atoms with Crippen molar-refractivity contribution in [1.29, 1.82) is 0 Å². The molecule has 0 spiro atoms. The summed E-state index contributed by atoms with van der Waals surface area (Å²) in [6.07, 6.45) is 3.71. The van der Waals surface area contributed by atoms with Crippen molar-refractivity contribution in [3.63, 3.8) is 0 Å². The highest BCUT2D eigenvalue weighted by Gasteiger charge is 2.35. The highest BCUT2D eigenvalue weighted by molar-refractivity contribution is 6.33. The molecule has 13 rings (SSSR count). The minimum Gasteiger partial charge on any atom is -0.264 e. The molecule has 0 saturated heterocycles. The lowest BCUT2D eigenvalue weighted by Crippen LogP contribution is -2.14. The van der Waals surface area contributed by atoms with Gasteiger partial charge in [-0.3, -0.25) is 4.98 Å². The Morgan fingerprint density at radius 3 is 1.60 bits per heavy atom. The number of rotatable bonds is 6. The van der Waals surface area contributed by atoms with E-state index < -0.39 is 0 Å². The third-order valence-electron chi connectivity index (χ3n) is 14.2. The fourth-order valence-corrected chi connectivity index (χ4v) is 10.8. The van der Waals surface area contributed by atoms with Gasteiger partial charge in [0.2, 0.25) is 0 Å². The topological polar surface area (TPSA) is 38.7 Å². The minimum atomic E-state index is -0.0629. The second-order valence-electron chi connectivity index (χ2n) is 18.4. The van der Waals surface area contributed by atoms with E-state index in [-0.39, 0.29) is 5.41 Å². The van der Waals surface area contributed by atoms with Crippen LogP contribution < -0.4 is 0 Å². The molecule has 67 heavy (non-hydrogen) atoms. The van der Waals surface area contributed by atoms with Gasteiger partial charge in [-0.2, -0.15) is 0 Å². The van der Waals surface area contributed by atoms with Crippen LogP contribution in [0.1, 0.15) is 25.0 Å². The van der Waals surface area contributed by atoms with Gasteiger partial charge in [-0.05, 0) is 123 Å². The van der Waals surface area contributed by atoms with Crippen molar-refractivity contribution in [2.75, 3.05) is 0 Å². The quantitative estimate of drug-likeness (QED) is 0.156. The third-order valence-corrected chi connectivity index (χ3v) is 14.2. The van der Waals surface area contributed by atoms with Crippen molar-refractivity contribution < 1.29 is 0 Å². The molecule has 1 aliphatic carbocycles. The van der Waals surface area contributed by atoms with E-state index in [9.17, 15) is 0 Å². The molecule has 0 unspecified atom stereocenters. The maximum atomic E-state index is 5.31. The van der Waals surface area contributed by atoms with Crippen LogP contribution in [0.3, 0.4) is 0 Å². The van der Waals surface area contributed by atoms with Crippen LogP contribution in [0.2, 0.25) is 0 Å². The molecule has 0 bridgehead atoms. The molecule has 0 N–H and O–H groups in total. The van der Waals surface area contributed by atoms with E-state index in [1.54, 1.807) is 0 Å². The summed E-state index contributed by atoms with van der Waals surface area (Å²) in [4.78, 5) is 15.0. The lowest BCUT2D eigenvalue weighted by Gasteiger charge is -2.22. The molecule has 0 aliphatic heterocycles. The molecular formula is C64H43N3. The molecule has 0 amide bonds. The Morgan fingerprint density at radius 1 is 0.313 bits per heavy atom. The van der Waals surface area contributed by atoms with Crippen LogP contribution in [0, 0.1) is 0 Å². The van der Waals surface area contributed by atoms with Crippen molar-refractivity contribution in [2.45, 2.75) is 19.3 Å². The van der Waals surface area contributed by atoms with Gasteiger partial charge in [-0.25, -0.2) is 9.97 Å². The van der Waals surface area contributed by atoms with Crippen LogP contribution in [0.5, 0.6) is 0 Å². The van der Waals surface area contributed by atoms with Crippen molar-refractivity contribution in [2.24, 2.45) is 0 Å². The Morgan fingerprint density at radius 2 is 0.851 bits per heavy atom. The van der Waals surface area contributed by atoms with Crippen molar-refractivity contribution in [3.05, 3.63) is 236 Å². The van der Waals surface area contributed by atoms with Gasteiger partial charge >= 0.3 is 0 Å². The van der Waals surface area contributed by atoms with Gasteiger partial charge in [0.25, 0.3) is 0 Å². The summed E-state index contributed by atoms with van der Waals surface area (Å²) in [5, 5.41) is 10.2. The van der Waals surface area contributed by atoms with Gasteiger partial charge in [-0.15, -0.1) is 0 Å². The fourth-order valence-electron chi connectivity index (χ4n) is 10.8. The third kappa shape index (κ3) is 6.38. The van der Waals surface area contributed by atoms with Crippen LogP contribution in [-0.2, 0) is 5.41 Å². The summed E-state index contributed by atoms with van der Waals surface area (Å²) in [6.45, 7) is 4.67. The van der Waals surface area contributed by atoms with E-state index in [2.05, 4.69) is 225 Å². The number of aromatic nitrogens is 3. The number of hydrogen-bond acceptors (Lipinski definition) is 3. The van der Waals surface area contributed by atoms with Gasteiger partial charge in [-0.1, -0.05) is 196 Å². The van der Waals surface area contributed by atoms with E-state index in [1.807, 2.05) is 18.5 Å². The van der Waals surface area contributed by atoms with E-state index in [4.69, 9.17) is 9.97 Å². The first-order chi connectivity index (χ1) is 33.0. The van der Waals surface area contributed by atoms with Crippen LogP contribution >= 0.6 is 0 Å². The Kier molecular flexibility index (Phi) is 8.88. The molecule has 2 heterocycles. The molecule has 314 valence electrons. The van der Waals surface area contributed by atoms with E-state index in [0.29, 0.717) is 5.82 Å². The summed E-state index contributed by atoms with van der Waals surface area (Å²) in [6, 6.07) is 77.1. The second kappa shape index (κ2) is 15.3. The van der Waals surface area contributed by atoms with Gasteiger partial charge in [0.15, 0.2) is 5.82 Å². The average Bonchev–Trinajstić information content (AvgIpc) is 3.63. The molecule has 0 fully saturated rings. The van der Waals surface area contributed by atoms with E-state index in [1.165, 1.54) is 76.5 Å². The predicted octanol–water partition coefficient (Wildman–Crippen LogP) is 16.8. The standard InChI is InChI=1S/C64H43N3/c1-64(2)58-23-10-9-20-52(58)53-33-32-45(36-59(53)64)40-24-30-43(31-25-40)63-66-60(38-61(67-63)46-14-11-13-44(35-46)47-15-12-34-65-39-47)42-28-26-41(27-29-42)56-37-57-50-18-4-3-16-48(50)49-17-5-7-21-54(49)62(57)55-22-8-6-19-51(55)56/h3-39H,1-2H3. The Balaban J connectivity index is 0.917. The van der Waals surface area contributed by atoms with Crippen LogP contribution in [0.15, 0.2) is 225 Å². The van der Waals surface area contributed by atoms with Gasteiger partial charge < -0.3 is 0 Å². The largest absolute Gasteiger partial charge is 0.264 e. The second-order valence-corrected chi connectivity index (χ2v) is 18.4. The molecule has 12 aromatic rings. The Hall–Kier alpha value is -8.53. The molecule has 3 nitrogen and oxygen atoms in total. The summed E-state index contributed by atoms with van der Waals surface area (Å²) < 4.78 is 0. The summed E-state index contributed by atoms with van der Waals surface area (Å²) in [5.41, 5.74) is 17.0. The van der Waals surface area contributed by atoms with E-state index in [0.717, 1.165) is 50.3 Å². The summed E-state index contributed by atoms with van der Waals surface area (Å²) >= 11 is 0. The molecular weight excluding hydrogens is 811 g/mol. The van der Waals surface area contributed by atoms with Gasteiger partial charge in [0.1, 0.15) is 0 Å². The lowest BCUT2D eigenvalue weighted by atomic mass is 9.81. The highest BCUT2D eigenvalue weighted by atomic mass is 14.9. The first-order valence-electron chi connectivity index (χ1n) is 23.1. The molecule has 0 atom stereocenters. The molecule has 1 aliphatic rings.